The third kappa shape index (κ3) is 6.34. The van der Waals surface area contributed by atoms with Gasteiger partial charge < -0.3 is 10.2 Å². The number of likely N-dealkylation sites (N-methyl/N-ethyl adjacent to an activating group) is 1. The normalized spacial score (nSPS) is 11.1. The Hall–Kier alpha value is -0.830. The SMILES string of the molecule is CC=CC(=O)NCCN(CC)CC. The van der Waals surface area contributed by atoms with E-state index in [0.717, 1.165) is 26.2 Å². The van der Waals surface area contributed by atoms with E-state index >= 15 is 0 Å². The first-order valence-electron chi connectivity index (χ1n) is 4.87. The lowest BCUT2D eigenvalue weighted by molar-refractivity contribution is -0.116. The summed E-state index contributed by atoms with van der Waals surface area (Å²) in [6.45, 7) is 9.81. The molecule has 1 amide bonds. The molecule has 0 aromatic rings. The van der Waals surface area contributed by atoms with Gasteiger partial charge in [0.1, 0.15) is 0 Å². The molecule has 0 spiro atoms. The Bertz CT molecular complexity index is 162. The van der Waals surface area contributed by atoms with Crippen molar-refractivity contribution in [2.24, 2.45) is 0 Å². The molecular formula is C10H20N2O. The molecular weight excluding hydrogens is 164 g/mol. The Balaban J connectivity index is 3.48. The minimum Gasteiger partial charge on any atom is -0.351 e. The maximum absolute atomic E-state index is 11.0. The van der Waals surface area contributed by atoms with Gasteiger partial charge in [0, 0.05) is 13.1 Å². The highest BCUT2D eigenvalue weighted by atomic mass is 16.1. The van der Waals surface area contributed by atoms with Crippen molar-refractivity contribution in [2.75, 3.05) is 26.2 Å². The Morgan fingerprint density at radius 1 is 1.38 bits per heavy atom. The second-order valence-electron chi connectivity index (χ2n) is 2.82. The first-order valence-corrected chi connectivity index (χ1v) is 4.87. The fraction of sp³-hybridized carbons (Fsp3) is 0.700. The third-order valence-corrected chi connectivity index (χ3v) is 1.94. The molecule has 0 radical (unpaired) electrons. The highest BCUT2D eigenvalue weighted by Crippen LogP contribution is 1.84. The summed E-state index contributed by atoms with van der Waals surface area (Å²) in [4.78, 5) is 13.3. The van der Waals surface area contributed by atoms with Crippen LogP contribution in [0.4, 0.5) is 0 Å². The van der Waals surface area contributed by atoms with Crippen LogP contribution in [0.2, 0.25) is 0 Å². The van der Waals surface area contributed by atoms with Crippen molar-refractivity contribution in [3.8, 4) is 0 Å². The maximum Gasteiger partial charge on any atom is 0.243 e. The number of rotatable bonds is 6. The van der Waals surface area contributed by atoms with E-state index in [2.05, 4.69) is 24.1 Å². The summed E-state index contributed by atoms with van der Waals surface area (Å²) in [5.74, 6) is -0.00495. The van der Waals surface area contributed by atoms with Crippen molar-refractivity contribution in [3.05, 3.63) is 12.2 Å². The molecule has 0 saturated carbocycles. The summed E-state index contributed by atoms with van der Waals surface area (Å²) in [7, 11) is 0. The molecule has 0 aliphatic carbocycles. The van der Waals surface area contributed by atoms with Gasteiger partial charge in [-0.1, -0.05) is 19.9 Å². The Morgan fingerprint density at radius 3 is 2.46 bits per heavy atom. The molecule has 13 heavy (non-hydrogen) atoms. The minimum absolute atomic E-state index is 0.00495. The van der Waals surface area contributed by atoms with Crippen LogP contribution >= 0.6 is 0 Å². The number of nitrogens with one attached hydrogen (secondary N) is 1. The first kappa shape index (κ1) is 12.2. The largest absolute Gasteiger partial charge is 0.351 e. The van der Waals surface area contributed by atoms with Gasteiger partial charge in [0.25, 0.3) is 0 Å². The zero-order valence-electron chi connectivity index (χ0n) is 8.84. The van der Waals surface area contributed by atoms with Crippen LogP contribution in [0.1, 0.15) is 20.8 Å². The molecule has 0 saturated heterocycles. The number of carbonyl (C=O) groups excluding carboxylic acids is 1. The van der Waals surface area contributed by atoms with Crippen molar-refractivity contribution in [3.63, 3.8) is 0 Å². The predicted octanol–water partition coefficient (Wildman–Crippen LogP) is 1.02. The topological polar surface area (TPSA) is 32.3 Å². The number of nitrogens with zero attached hydrogens (tertiary/aromatic N) is 1. The molecule has 0 unspecified atom stereocenters. The monoisotopic (exact) mass is 184 g/mol. The highest BCUT2D eigenvalue weighted by Gasteiger charge is 1.98. The van der Waals surface area contributed by atoms with Crippen molar-refractivity contribution >= 4 is 5.91 Å². The fourth-order valence-electron chi connectivity index (χ4n) is 1.09. The molecule has 1 N–H and O–H groups in total. The van der Waals surface area contributed by atoms with Gasteiger partial charge in [-0.25, -0.2) is 0 Å². The molecule has 3 nitrogen and oxygen atoms in total. The van der Waals surface area contributed by atoms with Crippen LogP contribution in [0.15, 0.2) is 12.2 Å². The number of allylic oxidation sites excluding steroid dienone is 1. The highest BCUT2D eigenvalue weighted by molar-refractivity contribution is 5.87. The van der Waals surface area contributed by atoms with Crippen LogP contribution in [0.25, 0.3) is 0 Å². The van der Waals surface area contributed by atoms with E-state index in [0.29, 0.717) is 0 Å². The van der Waals surface area contributed by atoms with E-state index in [-0.39, 0.29) is 5.91 Å². The van der Waals surface area contributed by atoms with Gasteiger partial charge >= 0.3 is 0 Å². The summed E-state index contributed by atoms with van der Waals surface area (Å²) >= 11 is 0. The zero-order chi connectivity index (χ0) is 10.1. The number of amides is 1. The predicted molar refractivity (Wildman–Crippen MR) is 55.6 cm³/mol. The lowest BCUT2D eigenvalue weighted by Gasteiger charge is -2.17. The lowest BCUT2D eigenvalue weighted by Crippen LogP contribution is -2.34. The van der Waals surface area contributed by atoms with Crippen LogP contribution in [0.5, 0.6) is 0 Å². The van der Waals surface area contributed by atoms with Gasteiger partial charge in [0.05, 0.1) is 0 Å². The Labute approximate surface area is 80.8 Å². The second kappa shape index (κ2) is 7.80. The maximum atomic E-state index is 11.0. The molecule has 0 aromatic heterocycles. The molecule has 0 heterocycles. The van der Waals surface area contributed by atoms with Gasteiger partial charge in [-0.15, -0.1) is 0 Å². The van der Waals surface area contributed by atoms with Gasteiger partial charge in [-0.2, -0.15) is 0 Å². The summed E-state index contributed by atoms with van der Waals surface area (Å²) in [5.41, 5.74) is 0. The third-order valence-electron chi connectivity index (χ3n) is 1.94. The van der Waals surface area contributed by atoms with E-state index in [4.69, 9.17) is 0 Å². The summed E-state index contributed by atoms with van der Waals surface area (Å²) in [6, 6.07) is 0. The number of carbonyl (C=O) groups is 1. The second-order valence-corrected chi connectivity index (χ2v) is 2.82. The van der Waals surface area contributed by atoms with E-state index in [9.17, 15) is 4.79 Å². The van der Waals surface area contributed by atoms with Crippen LogP contribution < -0.4 is 5.32 Å². The van der Waals surface area contributed by atoms with E-state index in [1.165, 1.54) is 0 Å². The van der Waals surface area contributed by atoms with Crippen LogP contribution in [-0.4, -0.2) is 37.0 Å². The van der Waals surface area contributed by atoms with Crippen LogP contribution in [0, 0.1) is 0 Å². The Morgan fingerprint density at radius 2 is 2.00 bits per heavy atom. The summed E-state index contributed by atoms with van der Waals surface area (Å²) < 4.78 is 0. The number of hydrogen-bond donors (Lipinski definition) is 1. The van der Waals surface area contributed by atoms with Crippen molar-refractivity contribution in [1.82, 2.24) is 10.2 Å². The summed E-state index contributed by atoms with van der Waals surface area (Å²) in [5, 5.41) is 2.82. The first-order chi connectivity index (χ1) is 6.24. The van der Waals surface area contributed by atoms with E-state index in [1.807, 2.05) is 6.92 Å². The molecule has 0 aromatic carbocycles. The van der Waals surface area contributed by atoms with Crippen molar-refractivity contribution in [2.45, 2.75) is 20.8 Å². The molecule has 0 atom stereocenters. The number of hydrogen-bond acceptors (Lipinski definition) is 2. The van der Waals surface area contributed by atoms with Gasteiger partial charge in [-0.05, 0) is 26.1 Å². The smallest absolute Gasteiger partial charge is 0.243 e. The molecule has 76 valence electrons. The zero-order valence-corrected chi connectivity index (χ0v) is 8.84. The molecule has 0 rings (SSSR count). The average Bonchev–Trinajstić information content (AvgIpc) is 2.13. The van der Waals surface area contributed by atoms with Crippen molar-refractivity contribution in [1.29, 1.82) is 0 Å². The average molecular weight is 184 g/mol. The van der Waals surface area contributed by atoms with Crippen LogP contribution in [-0.2, 0) is 4.79 Å². The molecule has 0 bridgehead atoms. The fourth-order valence-corrected chi connectivity index (χ4v) is 1.09. The molecule has 3 heteroatoms. The lowest BCUT2D eigenvalue weighted by atomic mass is 10.4. The standard InChI is InChI=1S/C10H20N2O/c1-4-7-10(13)11-8-9-12(5-2)6-3/h4,7H,5-6,8-9H2,1-3H3,(H,11,13). The molecule has 0 fully saturated rings. The minimum atomic E-state index is -0.00495. The van der Waals surface area contributed by atoms with Crippen molar-refractivity contribution < 1.29 is 4.79 Å². The van der Waals surface area contributed by atoms with E-state index in [1.54, 1.807) is 12.2 Å². The Kier molecular flexibility index (Phi) is 7.30. The van der Waals surface area contributed by atoms with Gasteiger partial charge in [0.15, 0.2) is 0 Å². The summed E-state index contributed by atoms with van der Waals surface area (Å²) in [6.07, 6.45) is 3.29. The van der Waals surface area contributed by atoms with Crippen LogP contribution in [0.3, 0.4) is 0 Å². The van der Waals surface area contributed by atoms with Gasteiger partial charge in [-0.3, -0.25) is 4.79 Å². The quantitative estimate of drug-likeness (QED) is 0.625. The van der Waals surface area contributed by atoms with E-state index < -0.39 is 0 Å². The van der Waals surface area contributed by atoms with Gasteiger partial charge in [0.2, 0.25) is 5.91 Å². The molecule has 0 aliphatic rings. The molecule has 0 aliphatic heterocycles.